The molecule has 2 heterocycles. The van der Waals surface area contributed by atoms with Crippen LogP contribution >= 0.6 is 0 Å². The molecule has 6 nitrogen and oxygen atoms in total. The molecule has 1 aliphatic heterocycles. The van der Waals surface area contributed by atoms with E-state index in [0.29, 0.717) is 12.0 Å². The number of hydrogen-bond donors (Lipinski definition) is 3. The number of carbonyl (C=O) groups excluding carboxylic acids is 1. The standard InChI is InChI=1S/C31H32FN3O3/c32-24-8-6-7-22(19-24)31(25-9-2-3-10-28(25)35-15-4-1-5-16-35)34-29(36)18-21-11-13-27-26(17-21)23(20-33-27)12-14-30(37)38/h2-3,6-11,13,17,19-20,31,33H,1,4-5,12,14-16,18H2,(H,34,36)(H,37,38). The highest BCUT2D eigenvalue weighted by molar-refractivity contribution is 5.87. The van der Waals surface area contributed by atoms with Crippen molar-refractivity contribution in [2.24, 2.45) is 0 Å². The fourth-order valence-corrected chi connectivity index (χ4v) is 5.36. The van der Waals surface area contributed by atoms with Crippen LogP contribution in [-0.4, -0.2) is 35.1 Å². The molecule has 0 radical (unpaired) electrons. The van der Waals surface area contributed by atoms with Crippen LogP contribution in [0.1, 0.15) is 54.0 Å². The third-order valence-corrected chi connectivity index (χ3v) is 7.24. The number of carboxylic acids is 1. The molecule has 1 aromatic heterocycles. The molecular weight excluding hydrogens is 481 g/mol. The van der Waals surface area contributed by atoms with E-state index in [4.69, 9.17) is 5.11 Å². The topological polar surface area (TPSA) is 85.4 Å². The number of benzene rings is 3. The van der Waals surface area contributed by atoms with Gasteiger partial charge in [-0.3, -0.25) is 9.59 Å². The molecule has 38 heavy (non-hydrogen) atoms. The van der Waals surface area contributed by atoms with Crippen LogP contribution in [0.15, 0.2) is 72.9 Å². The van der Waals surface area contributed by atoms with E-state index < -0.39 is 12.0 Å². The van der Waals surface area contributed by atoms with Crippen molar-refractivity contribution in [1.82, 2.24) is 10.3 Å². The van der Waals surface area contributed by atoms with Crippen molar-refractivity contribution in [3.8, 4) is 0 Å². The highest BCUT2D eigenvalue weighted by atomic mass is 19.1. The third-order valence-electron chi connectivity index (χ3n) is 7.24. The summed E-state index contributed by atoms with van der Waals surface area (Å²) in [5.41, 5.74) is 5.36. The van der Waals surface area contributed by atoms with Gasteiger partial charge in [-0.25, -0.2) is 4.39 Å². The Morgan fingerprint density at radius 3 is 2.61 bits per heavy atom. The molecule has 1 unspecified atom stereocenters. The summed E-state index contributed by atoms with van der Waals surface area (Å²) in [5.74, 6) is -1.36. The number of amides is 1. The number of aryl methyl sites for hydroxylation is 1. The van der Waals surface area contributed by atoms with Gasteiger partial charge in [0.15, 0.2) is 0 Å². The van der Waals surface area contributed by atoms with Gasteiger partial charge in [-0.15, -0.1) is 0 Å². The number of aromatic nitrogens is 1. The largest absolute Gasteiger partial charge is 0.481 e. The van der Waals surface area contributed by atoms with Gasteiger partial charge in [0.1, 0.15) is 5.82 Å². The number of halogens is 1. The first-order valence-electron chi connectivity index (χ1n) is 13.2. The van der Waals surface area contributed by atoms with Gasteiger partial charge in [0.2, 0.25) is 5.91 Å². The summed E-state index contributed by atoms with van der Waals surface area (Å²) in [4.78, 5) is 30.0. The lowest BCUT2D eigenvalue weighted by molar-refractivity contribution is -0.137. The molecule has 0 saturated carbocycles. The molecule has 1 aliphatic rings. The number of fused-ring (bicyclic) bond motifs is 1. The van der Waals surface area contributed by atoms with Crippen LogP contribution in [0.4, 0.5) is 10.1 Å². The number of rotatable bonds is 9. The molecule has 1 atom stereocenters. The minimum atomic E-state index is -0.844. The summed E-state index contributed by atoms with van der Waals surface area (Å²) in [7, 11) is 0. The second-order valence-corrected chi connectivity index (χ2v) is 9.93. The zero-order valence-electron chi connectivity index (χ0n) is 21.3. The Bertz CT molecular complexity index is 1440. The first kappa shape index (κ1) is 25.5. The number of carboxylic acid groups (broad SMARTS) is 1. The maximum Gasteiger partial charge on any atom is 0.303 e. The zero-order valence-corrected chi connectivity index (χ0v) is 21.3. The van der Waals surface area contributed by atoms with Crippen LogP contribution < -0.4 is 10.2 Å². The van der Waals surface area contributed by atoms with Gasteiger partial charge in [0, 0.05) is 47.9 Å². The Kier molecular flexibility index (Phi) is 7.73. The second kappa shape index (κ2) is 11.5. The van der Waals surface area contributed by atoms with E-state index in [2.05, 4.69) is 21.3 Å². The van der Waals surface area contributed by atoms with Crippen molar-refractivity contribution >= 4 is 28.5 Å². The monoisotopic (exact) mass is 513 g/mol. The first-order valence-corrected chi connectivity index (χ1v) is 13.2. The number of carbonyl (C=O) groups is 2. The van der Waals surface area contributed by atoms with Crippen LogP contribution in [0.25, 0.3) is 10.9 Å². The molecule has 5 rings (SSSR count). The molecule has 1 amide bonds. The Morgan fingerprint density at radius 1 is 1.00 bits per heavy atom. The zero-order chi connectivity index (χ0) is 26.5. The number of anilines is 1. The maximum atomic E-state index is 14.3. The van der Waals surface area contributed by atoms with Gasteiger partial charge in [-0.1, -0.05) is 36.4 Å². The number of aliphatic carboxylic acids is 1. The fourth-order valence-electron chi connectivity index (χ4n) is 5.36. The normalized spacial score (nSPS) is 14.4. The van der Waals surface area contributed by atoms with Crippen molar-refractivity contribution in [1.29, 1.82) is 0 Å². The molecule has 1 saturated heterocycles. The summed E-state index contributed by atoms with van der Waals surface area (Å²) in [5, 5.41) is 13.2. The minimum absolute atomic E-state index is 0.0450. The molecule has 7 heteroatoms. The summed E-state index contributed by atoms with van der Waals surface area (Å²) >= 11 is 0. The van der Waals surface area contributed by atoms with E-state index >= 15 is 0 Å². The molecule has 3 N–H and O–H groups in total. The minimum Gasteiger partial charge on any atom is -0.481 e. The summed E-state index contributed by atoms with van der Waals surface area (Å²) in [6.07, 6.45) is 5.91. The second-order valence-electron chi connectivity index (χ2n) is 9.93. The third kappa shape index (κ3) is 5.88. The van der Waals surface area contributed by atoms with Gasteiger partial charge in [0.25, 0.3) is 0 Å². The molecule has 3 aromatic carbocycles. The van der Waals surface area contributed by atoms with Crippen LogP contribution in [0, 0.1) is 5.82 Å². The van der Waals surface area contributed by atoms with Gasteiger partial charge in [-0.05, 0) is 72.7 Å². The summed E-state index contributed by atoms with van der Waals surface area (Å²) < 4.78 is 14.3. The highest BCUT2D eigenvalue weighted by Gasteiger charge is 2.24. The predicted octanol–water partition coefficient (Wildman–Crippen LogP) is 5.76. The Labute approximate surface area is 221 Å². The lowest BCUT2D eigenvalue weighted by Crippen LogP contribution is -2.34. The van der Waals surface area contributed by atoms with Gasteiger partial charge in [-0.2, -0.15) is 0 Å². The van der Waals surface area contributed by atoms with E-state index in [1.807, 2.05) is 48.7 Å². The number of nitrogens with zero attached hydrogens (tertiary/aromatic N) is 1. The van der Waals surface area contributed by atoms with Gasteiger partial charge >= 0.3 is 5.97 Å². The molecule has 1 fully saturated rings. The van der Waals surface area contributed by atoms with Crippen molar-refractivity contribution < 1.29 is 19.1 Å². The number of piperidine rings is 1. The molecule has 0 spiro atoms. The lowest BCUT2D eigenvalue weighted by Gasteiger charge is -2.33. The summed E-state index contributed by atoms with van der Waals surface area (Å²) in [6, 6.07) is 19.7. The van der Waals surface area contributed by atoms with E-state index in [-0.39, 0.29) is 24.6 Å². The van der Waals surface area contributed by atoms with Crippen LogP contribution in [0.5, 0.6) is 0 Å². The molecular formula is C31H32FN3O3. The number of nitrogens with one attached hydrogen (secondary N) is 2. The Hall–Kier alpha value is -4.13. The van der Waals surface area contributed by atoms with Crippen molar-refractivity contribution in [3.05, 3.63) is 101 Å². The van der Waals surface area contributed by atoms with Gasteiger partial charge in [0.05, 0.1) is 12.5 Å². The van der Waals surface area contributed by atoms with Crippen molar-refractivity contribution in [2.75, 3.05) is 18.0 Å². The first-order chi connectivity index (χ1) is 18.5. The van der Waals surface area contributed by atoms with Crippen LogP contribution in [0.2, 0.25) is 0 Å². The maximum absolute atomic E-state index is 14.3. The van der Waals surface area contributed by atoms with E-state index in [1.54, 1.807) is 6.07 Å². The molecule has 196 valence electrons. The van der Waals surface area contributed by atoms with Gasteiger partial charge < -0.3 is 20.3 Å². The molecule has 0 bridgehead atoms. The Morgan fingerprint density at radius 2 is 1.82 bits per heavy atom. The average molecular weight is 514 g/mol. The number of H-pyrrole nitrogens is 1. The number of para-hydroxylation sites is 1. The van der Waals surface area contributed by atoms with E-state index in [1.165, 1.54) is 18.6 Å². The predicted molar refractivity (Wildman–Crippen MR) is 147 cm³/mol. The van der Waals surface area contributed by atoms with Crippen LogP contribution in [-0.2, 0) is 22.4 Å². The average Bonchev–Trinajstić information content (AvgIpc) is 3.33. The number of aromatic amines is 1. The van der Waals surface area contributed by atoms with Crippen LogP contribution in [0.3, 0.4) is 0 Å². The quantitative estimate of drug-likeness (QED) is 0.266. The van der Waals surface area contributed by atoms with E-state index in [0.717, 1.165) is 59.2 Å². The SMILES string of the molecule is O=C(O)CCc1c[nH]c2ccc(CC(=O)NC(c3cccc(F)c3)c3ccccc3N3CCCCC3)cc12. The fraction of sp³-hybridized carbons (Fsp3) is 0.290. The molecule has 0 aliphatic carbocycles. The van der Waals surface area contributed by atoms with E-state index in [9.17, 15) is 14.0 Å². The smallest absolute Gasteiger partial charge is 0.303 e. The number of hydrogen-bond acceptors (Lipinski definition) is 3. The van der Waals surface area contributed by atoms with Crippen molar-refractivity contribution in [2.45, 2.75) is 44.6 Å². The highest BCUT2D eigenvalue weighted by Crippen LogP contribution is 2.33. The van der Waals surface area contributed by atoms with Crippen molar-refractivity contribution in [3.63, 3.8) is 0 Å². The Balaban J connectivity index is 1.42. The lowest BCUT2D eigenvalue weighted by atomic mass is 9.95. The molecule has 4 aromatic rings. The summed E-state index contributed by atoms with van der Waals surface area (Å²) in [6.45, 7) is 1.92.